The average molecular weight is 467 g/mol. The largest absolute Gasteiger partial charge is 0.274 e. The maximum absolute atomic E-state index is 13.5. The number of amides is 2. The van der Waals surface area contributed by atoms with Crippen LogP contribution >= 0.6 is 23.2 Å². The molecule has 0 spiro atoms. The molecule has 1 saturated carbocycles. The monoisotopic (exact) mass is 466 g/mol. The maximum Gasteiger partial charge on any atom is 0.252 e. The number of anilines is 1. The number of benzene rings is 2. The molecular weight excluding hydrogens is 447 g/mol. The minimum Gasteiger partial charge on any atom is -0.274 e. The van der Waals surface area contributed by atoms with E-state index in [1.807, 2.05) is 0 Å². The van der Waals surface area contributed by atoms with Crippen molar-refractivity contribution in [3.8, 4) is 0 Å². The van der Waals surface area contributed by atoms with E-state index in [0.29, 0.717) is 28.6 Å². The molecule has 2 aromatic rings. The first kappa shape index (κ1) is 21.3. The lowest BCUT2D eigenvalue weighted by Crippen LogP contribution is -2.49. The van der Waals surface area contributed by atoms with E-state index in [0.717, 1.165) is 17.7 Å². The Morgan fingerprint density at radius 1 is 0.867 bits per heavy atom. The standard InChI is InChI=1S/C21H20Cl2N2O4S/c22-14-5-9-16(10-6-14)24-20(26)13-19(21(24)27)25(17-3-1-2-4-17)30(28,29)18-11-7-15(23)8-12-18/h5-12,17,19H,1-4,13H2. The highest BCUT2D eigenvalue weighted by molar-refractivity contribution is 7.89. The van der Waals surface area contributed by atoms with Crippen LogP contribution in [-0.2, 0) is 19.6 Å². The first-order valence-corrected chi connectivity index (χ1v) is 11.9. The Labute approximate surface area is 185 Å². The maximum atomic E-state index is 13.5. The minimum atomic E-state index is -4.00. The van der Waals surface area contributed by atoms with Crippen LogP contribution in [-0.4, -0.2) is 36.6 Å². The van der Waals surface area contributed by atoms with E-state index in [-0.39, 0.29) is 17.4 Å². The smallest absolute Gasteiger partial charge is 0.252 e. The molecule has 6 nitrogen and oxygen atoms in total. The topological polar surface area (TPSA) is 74.8 Å². The summed E-state index contributed by atoms with van der Waals surface area (Å²) in [7, 11) is -4.00. The molecule has 4 rings (SSSR count). The quantitative estimate of drug-likeness (QED) is 0.616. The van der Waals surface area contributed by atoms with E-state index in [2.05, 4.69) is 0 Å². The Balaban J connectivity index is 1.73. The highest BCUT2D eigenvalue weighted by atomic mass is 35.5. The second-order valence-electron chi connectivity index (χ2n) is 7.49. The molecule has 1 unspecified atom stereocenters. The van der Waals surface area contributed by atoms with Crippen LogP contribution in [0.5, 0.6) is 0 Å². The summed E-state index contributed by atoms with van der Waals surface area (Å²) in [6.45, 7) is 0. The summed E-state index contributed by atoms with van der Waals surface area (Å²) in [5.74, 6) is -0.964. The summed E-state index contributed by atoms with van der Waals surface area (Å²) in [5, 5.41) is 0.898. The summed E-state index contributed by atoms with van der Waals surface area (Å²) in [6.07, 6.45) is 2.89. The molecule has 1 atom stereocenters. The van der Waals surface area contributed by atoms with Crippen molar-refractivity contribution < 1.29 is 18.0 Å². The van der Waals surface area contributed by atoms with E-state index in [1.165, 1.54) is 28.6 Å². The van der Waals surface area contributed by atoms with Crippen LogP contribution in [0.3, 0.4) is 0 Å². The van der Waals surface area contributed by atoms with Gasteiger partial charge in [-0.15, -0.1) is 0 Å². The molecule has 1 aliphatic heterocycles. The molecule has 0 radical (unpaired) electrons. The number of halogens is 2. The lowest BCUT2D eigenvalue weighted by Gasteiger charge is -2.32. The second kappa shape index (κ2) is 8.30. The van der Waals surface area contributed by atoms with Gasteiger partial charge >= 0.3 is 0 Å². The van der Waals surface area contributed by atoms with Gasteiger partial charge in [0.15, 0.2) is 0 Å². The Kier molecular flexibility index (Phi) is 5.90. The summed E-state index contributed by atoms with van der Waals surface area (Å²) >= 11 is 11.8. The van der Waals surface area contributed by atoms with Crippen molar-refractivity contribution >= 4 is 50.7 Å². The lowest BCUT2D eigenvalue weighted by molar-refractivity contribution is -0.122. The first-order chi connectivity index (χ1) is 14.3. The zero-order chi connectivity index (χ0) is 21.5. The van der Waals surface area contributed by atoms with Crippen molar-refractivity contribution in [2.75, 3.05) is 4.90 Å². The van der Waals surface area contributed by atoms with Gasteiger partial charge in [0, 0.05) is 16.1 Å². The van der Waals surface area contributed by atoms with Crippen LogP contribution in [0.1, 0.15) is 32.1 Å². The zero-order valence-electron chi connectivity index (χ0n) is 16.0. The fourth-order valence-corrected chi connectivity index (χ4v) is 6.26. The predicted molar refractivity (Wildman–Crippen MR) is 115 cm³/mol. The van der Waals surface area contributed by atoms with E-state index >= 15 is 0 Å². The molecule has 2 amide bonds. The zero-order valence-corrected chi connectivity index (χ0v) is 18.3. The highest BCUT2D eigenvalue weighted by Crippen LogP contribution is 2.36. The van der Waals surface area contributed by atoms with Crippen molar-refractivity contribution in [1.29, 1.82) is 0 Å². The van der Waals surface area contributed by atoms with Crippen LogP contribution < -0.4 is 4.90 Å². The molecule has 1 heterocycles. The Morgan fingerprint density at radius 2 is 1.40 bits per heavy atom. The molecule has 9 heteroatoms. The number of carbonyl (C=O) groups is 2. The Morgan fingerprint density at radius 3 is 1.97 bits per heavy atom. The molecule has 0 bridgehead atoms. The molecule has 30 heavy (non-hydrogen) atoms. The Hall–Kier alpha value is -1.93. The van der Waals surface area contributed by atoms with Gasteiger partial charge in [-0.3, -0.25) is 9.59 Å². The van der Waals surface area contributed by atoms with Gasteiger partial charge in [0.25, 0.3) is 5.91 Å². The number of nitrogens with zero attached hydrogens (tertiary/aromatic N) is 2. The number of sulfonamides is 1. The SMILES string of the molecule is O=C1CC(N(C2CCCC2)S(=O)(=O)c2ccc(Cl)cc2)C(=O)N1c1ccc(Cl)cc1. The highest BCUT2D eigenvalue weighted by Gasteiger charge is 2.49. The minimum absolute atomic E-state index is 0.0593. The fourth-order valence-electron chi connectivity index (χ4n) is 4.18. The number of carbonyl (C=O) groups excluding carboxylic acids is 2. The van der Waals surface area contributed by atoms with E-state index in [1.54, 1.807) is 24.3 Å². The van der Waals surface area contributed by atoms with Crippen LogP contribution in [0.15, 0.2) is 53.4 Å². The van der Waals surface area contributed by atoms with Crippen LogP contribution in [0.4, 0.5) is 5.69 Å². The molecule has 0 N–H and O–H groups in total. The third kappa shape index (κ3) is 3.87. The third-order valence-corrected chi connectivity index (χ3v) is 8.07. The van der Waals surface area contributed by atoms with Crippen molar-refractivity contribution in [3.63, 3.8) is 0 Å². The number of rotatable bonds is 5. The average Bonchev–Trinajstić information content (AvgIpc) is 3.32. The number of hydrogen-bond acceptors (Lipinski definition) is 4. The van der Waals surface area contributed by atoms with E-state index in [4.69, 9.17) is 23.2 Å². The van der Waals surface area contributed by atoms with Crippen LogP contribution in [0.2, 0.25) is 10.0 Å². The van der Waals surface area contributed by atoms with Gasteiger partial charge in [-0.05, 0) is 61.4 Å². The van der Waals surface area contributed by atoms with Gasteiger partial charge in [-0.1, -0.05) is 36.0 Å². The van der Waals surface area contributed by atoms with Crippen molar-refractivity contribution in [3.05, 3.63) is 58.6 Å². The normalized spacial score (nSPS) is 20.5. The Bertz CT molecular complexity index is 1070. The van der Waals surface area contributed by atoms with Gasteiger partial charge in [0.2, 0.25) is 15.9 Å². The number of hydrogen-bond donors (Lipinski definition) is 0. The second-order valence-corrected chi connectivity index (χ2v) is 10.2. The summed E-state index contributed by atoms with van der Waals surface area (Å²) < 4.78 is 28.3. The fraction of sp³-hybridized carbons (Fsp3) is 0.333. The predicted octanol–water partition coefficient (Wildman–Crippen LogP) is 4.26. The van der Waals surface area contributed by atoms with Gasteiger partial charge in [0.1, 0.15) is 6.04 Å². The number of imide groups is 1. The van der Waals surface area contributed by atoms with Gasteiger partial charge in [-0.2, -0.15) is 4.31 Å². The van der Waals surface area contributed by atoms with Gasteiger partial charge in [-0.25, -0.2) is 13.3 Å². The molecule has 2 aliphatic rings. The van der Waals surface area contributed by atoms with Crippen molar-refractivity contribution in [1.82, 2.24) is 4.31 Å². The third-order valence-electron chi connectivity index (χ3n) is 5.59. The molecular formula is C21H20Cl2N2O4S. The molecule has 158 valence electrons. The first-order valence-electron chi connectivity index (χ1n) is 9.70. The van der Waals surface area contributed by atoms with E-state index < -0.39 is 27.9 Å². The lowest BCUT2D eigenvalue weighted by atomic mass is 10.2. The van der Waals surface area contributed by atoms with E-state index in [9.17, 15) is 18.0 Å². The summed E-state index contributed by atoms with van der Waals surface area (Å²) in [5.41, 5.74) is 0.382. The van der Waals surface area contributed by atoms with Gasteiger partial charge < -0.3 is 0 Å². The van der Waals surface area contributed by atoms with Crippen LogP contribution in [0.25, 0.3) is 0 Å². The summed E-state index contributed by atoms with van der Waals surface area (Å²) in [4.78, 5) is 27.1. The van der Waals surface area contributed by atoms with Gasteiger partial charge in [0.05, 0.1) is 17.0 Å². The molecule has 1 aliphatic carbocycles. The molecule has 0 aromatic heterocycles. The molecule has 1 saturated heterocycles. The molecule has 2 aromatic carbocycles. The van der Waals surface area contributed by atoms with Crippen molar-refractivity contribution in [2.45, 2.75) is 49.1 Å². The van der Waals surface area contributed by atoms with Crippen molar-refractivity contribution in [2.24, 2.45) is 0 Å². The summed E-state index contributed by atoms with van der Waals surface area (Å²) in [6, 6.07) is 10.8. The molecule has 2 fully saturated rings. The van der Waals surface area contributed by atoms with Crippen LogP contribution in [0, 0.1) is 0 Å².